The lowest BCUT2D eigenvalue weighted by molar-refractivity contribution is -0.167. The predicted molar refractivity (Wildman–Crippen MR) is 185 cm³/mol. The summed E-state index contributed by atoms with van der Waals surface area (Å²) in [6, 6.07) is 27.0. The number of hydrogen-bond acceptors (Lipinski definition) is 9. The number of carbonyl (C=O) groups is 1. The SMILES string of the molecule is COC(=O)C(C1CCOCC1)(N(C)S(=O)(=O)c1ccc(-c2ccc(OC)cc2)cc1)N(C)S(=O)(=O)c1ccc(-c2ccc(OC)cc2)cc1. The fourth-order valence-electron chi connectivity index (χ4n) is 6.27. The van der Waals surface area contributed by atoms with Crippen LogP contribution in [0.1, 0.15) is 12.8 Å². The van der Waals surface area contributed by atoms with Crippen LogP contribution >= 0.6 is 0 Å². The van der Waals surface area contributed by atoms with Crippen LogP contribution in [0.25, 0.3) is 22.3 Å². The van der Waals surface area contributed by atoms with E-state index < -0.39 is 37.6 Å². The van der Waals surface area contributed by atoms with E-state index >= 15 is 0 Å². The molecule has 0 aliphatic carbocycles. The van der Waals surface area contributed by atoms with Crippen LogP contribution in [0.4, 0.5) is 0 Å². The Hall–Kier alpha value is -4.27. The Morgan fingerprint density at radius 1 is 0.612 bits per heavy atom. The molecule has 260 valence electrons. The smallest absolute Gasteiger partial charge is 0.343 e. The third-order valence-corrected chi connectivity index (χ3v) is 12.8. The first kappa shape index (κ1) is 36.0. The highest BCUT2D eigenvalue weighted by Crippen LogP contribution is 2.42. The van der Waals surface area contributed by atoms with Crippen molar-refractivity contribution in [2.45, 2.75) is 28.3 Å². The van der Waals surface area contributed by atoms with Gasteiger partial charge in [-0.25, -0.2) is 21.6 Å². The van der Waals surface area contributed by atoms with Gasteiger partial charge in [0.05, 0.1) is 31.1 Å². The molecule has 1 fully saturated rings. The lowest BCUT2D eigenvalue weighted by atomic mass is 9.85. The molecule has 4 aromatic rings. The van der Waals surface area contributed by atoms with Crippen molar-refractivity contribution in [3.05, 3.63) is 97.1 Å². The minimum absolute atomic E-state index is 0.123. The number of carbonyl (C=O) groups excluding carboxylic acids is 1. The van der Waals surface area contributed by atoms with Crippen molar-refractivity contribution in [2.75, 3.05) is 48.6 Å². The highest BCUT2D eigenvalue weighted by atomic mass is 32.2. The maximum atomic E-state index is 14.4. The molecule has 0 amide bonds. The summed E-state index contributed by atoms with van der Waals surface area (Å²) in [5.74, 6) is -0.458. The van der Waals surface area contributed by atoms with Crippen molar-refractivity contribution in [3.8, 4) is 33.8 Å². The number of benzene rings is 4. The van der Waals surface area contributed by atoms with Gasteiger partial charge in [-0.1, -0.05) is 48.5 Å². The van der Waals surface area contributed by atoms with Gasteiger partial charge >= 0.3 is 5.97 Å². The average Bonchev–Trinajstić information content (AvgIpc) is 3.15. The van der Waals surface area contributed by atoms with E-state index in [1.807, 2.05) is 24.3 Å². The second-order valence-corrected chi connectivity index (χ2v) is 15.5. The molecule has 0 aromatic heterocycles. The average molecular weight is 709 g/mol. The molecular weight excluding hydrogens is 669 g/mol. The standard InChI is InChI=1S/C36H40N2O9S2/c1-37(48(40,41)33-18-10-28(11-19-33)26-6-14-31(44-3)15-7-26)36(35(39)46-5,30-22-24-47-25-23-30)38(2)49(42,43)34-20-12-29(13-21-34)27-8-16-32(45-4)17-9-27/h6-21,30H,22-25H2,1-5H3. The Labute approximate surface area is 288 Å². The molecule has 1 aliphatic rings. The van der Waals surface area contributed by atoms with E-state index in [0.717, 1.165) is 38.0 Å². The van der Waals surface area contributed by atoms with Crippen LogP contribution in [0.3, 0.4) is 0 Å². The Bertz CT molecular complexity index is 1830. The van der Waals surface area contributed by atoms with E-state index in [0.29, 0.717) is 11.5 Å². The zero-order valence-electron chi connectivity index (χ0n) is 28.0. The molecule has 1 aliphatic heterocycles. The van der Waals surface area contributed by atoms with Crippen molar-refractivity contribution in [2.24, 2.45) is 5.92 Å². The minimum Gasteiger partial charge on any atom is -0.497 e. The van der Waals surface area contributed by atoms with Crippen molar-refractivity contribution in [1.29, 1.82) is 0 Å². The van der Waals surface area contributed by atoms with Crippen LogP contribution in [-0.2, 0) is 34.3 Å². The quantitative estimate of drug-likeness (QED) is 0.143. The van der Waals surface area contributed by atoms with E-state index in [1.165, 1.54) is 38.4 Å². The minimum atomic E-state index is -4.49. The third-order valence-electron chi connectivity index (χ3n) is 9.11. The fourth-order valence-corrected chi connectivity index (χ4v) is 9.34. The maximum absolute atomic E-state index is 14.4. The molecule has 11 nitrogen and oxygen atoms in total. The van der Waals surface area contributed by atoms with E-state index in [4.69, 9.17) is 18.9 Å². The summed E-state index contributed by atoms with van der Waals surface area (Å²) in [5.41, 5.74) is 0.900. The summed E-state index contributed by atoms with van der Waals surface area (Å²) < 4.78 is 80.6. The van der Waals surface area contributed by atoms with Crippen molar-refractivity contribution < 1.29 is 40.6 Å². The molecule has 1 saturated heterocycles. The second kappa shape index (κ2) is 14.7. The molecule has 49 heavy (non-hydrogen) atoms. The Morgan fingerprint density at radius 3 is 1.24 bits per heavy atom. The first-order chi connectivity index (χ1) is 23.4. The molecule has 5 rings (SSSR count). The zero-order chi connectivity index (χ0) is 35.4. The van der Waals surface area contributed by atoms with Crippen LogP contribution in [0.5, 0.6) is 11.5 Å². The van der Waals surface area contributed by atoms with Crippen molar-refractivity contribution in [3.63, 3.8) is 0 Å². The van der Waals surface area contributed by atoms with Gasteiger partial charge in [0.2, 0.25) is 25.7 Å². The summed E-state index contributed by atoms with van der Waals surface area (Å²) in [5, 5.41) is 0. The third kappa shape index (κ3) is 6.81. The topological polar surface area (TPSA) is 129 Å². The van der Waals surface area contributed by atoms with E-state index in [1.54, 1.807) is 62.8 Å². The summed E-state index contributed by atoms with van der Waals surface area (Å²) in [4.78, 5) is 13.8. The predicted octanol–water partition coefficient (Wildman–Crippen LogP) is 5.27. The zero-order valence-corrected chi connectivity index (χ0v) is 29.7. The largest absolute Gasteiger partial charge is 0.497 e. The molecule has 0 saturated carbocycles. The number of nitrogens with zero attached hydrogens (tertiary/aromatic N) is 2. The number of hydrogen-bond donors (Lipinski definition) is 0. The molecule has 0 atom stereocenters. The maximum Gasteiger partial charge on any atom is 0.343 e. The summed E-state index contributed by atoms with van der Waals surface area (Å²) in [7, 11) is -2.28. The van der Waals surface area contributed by atoms with Gasteiger partial charge in [-0.2, -0.15) is 8.61 Å². The number of rotatable bonds is 12. The Balaban J connectivity index is 1.56. The molecule has 1 heterocycles. The number of methoxy groups -OCH3 is 3. The molecule has 0 spiro atoms. The van der Waals surface area contributed by atoms with Crippen LogP contribution in [0, 0.1) is 5.92 Å². The van der Waals surface area contributed by atoms with Gasteiger partial charge in [-0.05, 0) is 83.6 Å². The molecule has 0 unspecified atom stereocenters. The first-order valence-electron chi connectivity index (χ1n) is 15.5. The summed E-state index contributed by atoms with van der Waals surface area (Å²) >= 11 is 0. The monoisotopic (exact) mass is 708 g/mol. The number of sulfonamides is 2. The van der Waals surface area contributed by atoms with Crippen LogP contribution in [-0.4, -0.2) is 85.7 Å². The van der Waals surface area contributed by atoms with Gasteiger partial charge < -0.3 is 18.9 Å². The normalized spacial score (nSPS) is 14.5. The van der Waals surface area contributed by atoms with Crippen molar-refractivity contribution >= 4 is 26.0 Å². The molecule has 0 bridgehead atoms. The Kier molecular flexibility index (Phi) is 10.8. The van der Waals surface area contributed by atoms with Crippen LogP contribution in [0.15, 0.2) is 107 Å². The van der Waals surface area contributed by atoms with Crippen LogP contribution < -0.4 is 9.47 Å². The molecule has 4 aromatic carbocycles. The highest BCUT2D eigenvalue weighted by Gasteiger charge is 2.60. The fraction of sp³-hybridized carbons (Fsp3) is 0.306. The van der Waals surface area contributed by atoms with Gasteiger partial charge in [0.25, 0.3) is 0 Å². The summed E-state index contributed by atoms with van der Waals surface area (Å²) in [6.07, 6.45) is 0.420. The molecular formula is C36H40N2O9S2. The highest BCUT2D eigenvalue weighted by molar-refractivity contribution is 7.90. The van der Waals surface area contributed by atoms with Gasteiger partial charge in [0.1, 0.15) is 11.5 Å². The van der Waals surface area contributed by atoms with Gasteiger partial charge in [-0.3, -0.25) is 0 Å². The van der Waals surface area contributed by atoms with Crippen molar-refractivity contribution in [1.82, 2.24) is 8.61 Å². The molecule has 0 N–H and O–H groups in total. The number of ether oxygens (including phenoxy) is 4. The van der Waals surface area contributed by atoms with Gasteiger partial charge in [0.15, 0.2) is 0 Å². The van der Waals surface area contributed by atoms with Crippen LogP contribution in [0.2, 0.25) is 0 Å². The number of likely N-dealkylation sites (N-methyl/N-ethyl adjacent to an activating group) is 2. The van der Waals surface area contributed by atoms with E-state index in [9.17, 15) is 21.6 Å². The van der Waals surface area contributed by atoms with Gasteiger partial charge in [-0.15, -0.1) is 0 Å². The van der Waals surface area contributed by atoms with E-state index in [-0.39, 0.29) is 35.8 Å². The lowest BCUT2D eigenvalue weighted by Gasteiger charge is -2.49. The first-order valence-corrected chi connectivity index (χ1v) is 18.4. The molecule has 13 heteroatoms. The Morgan fingerprint density at radius 2 is 0.939 bits per heavy atom. The number of esters is 1. The second-order valence-electron chi connectivity index (χ2n) is 11.6. The molecule has 0 radical (unpaired) electrons. The van der Waals surface area contributed by atoms with E-state index in [2.05, 4.69) is 0 Å². The lowest BCUT2D eigenvalue weighted by Crippen LogP contribution is -2.70. The van der Waals surface area contributed by atoms with Gasteiger partial charge in [0, 0.05) is 33.2 Å². The summed E-state index contributed by atoms with van der Waals surface area (Å²) in [6.45, 7) is 0.413.